The maximum Gasteiger partial charge on any atom is 0.255 e. The predicted molar refractivity (Wildman–Crippen MR) is 114 cm³/mol. The number of hydrogen-bond donors (Lipinski definition) is 1. The molecule has 0 radical (unpaired) electrons. The number of imide groups is 1. The third-order valence-electron chi connectivity index (χ3n) is 5.76. The van der Waals surface area contributed by atoms with Crippen LogP contribution in [-0.2, 0) is 22.6 Å². The van der Waals surface area contributed by atoms with Crippen LogP contribution >= 0.6 is 0 Å². The number of anilines is 1. The van der Waals surface area contributed by atoms with E-state index >= 15 is 0 Å². The number of rotatable bonds is 4. The molecule has 3 aromatic rings. The van der Waals surface area contributed by atoms with Crippen molar-refractivity contribution in [3.05, 3.63) is 89.0 Å². The Hall–Kier alpha value is -3.73. The van der Waals surface area contributed by atoms with Crippen LogP contribution in [0, 0.1) is 0 Å². The third kappa shape index (κ3) is 3.28. The van der Waals surface area contributed by atoms with Crippen LogP contribution in [0.5, 0.6) is 0 Å². The van der Waals surface area contributed by atoms with Crippen LogP contribution in [-0.4, -0.2) is 22.6 Å². The minimum Gasteiger partial charge on any atom is -0.322 e. The van der Waals surface area contributed by atoms with Gasteiger partial charge in [-0.1, -0.05) is 42.5 Å². The fraction of sp³-hybridized carbons (Fsp3) is 0.160. The van der Waals surface area contributed by atoms with Crippen molar-refractivity contribution in [2.75, 3.05) is 5.32 Å². The van der Waals surface area contributed by atoms with E-state index in [2.05, 4.69) is 23.5 Å². The molecule has 0 spiro atoms. The molecule has 30 heavy (non-hydrogen) atoms. The predicted octanol–water partition coefficient (Wildman–Crippen LogP) is 4.16. The molecule has 0 atom stereocenters. The molecule has 0 unspecified atom stereocenters. The largest absolute Gasteiger partial charge is 0.322 e. The van der Waals surface area contributed by atoms with Crippen LogP contribution in [0.3, 0.4) is 0 Å². The van der Waals surface area contributed by atoms with Gasteiger partial charge in [-0.3, -0.25) is 19.3 Å². The Balaban J connectivity index is 1.27. The van der Waals surface area contributed by atoms with Crippen LogP contribution in [0.25, 0.3) is 11.1 Å². The van der Waals surface area contributed by atoms with Crippen molar-refractivity contribution in [2.24, 2.45) is 0 Å². The van der Waals surface area contributed by atoms with E-state index in [-0.39, 0.29) is 37.1 Å². The summed E-state index contributed by atoms with van der Waals surface area (Å²) < 4.78 is 0. The van der Waals surface area contributed by atoms with Gasteiger partial charge in [0.1, 0.15) is 0 Å². The van der Waals surface area contributed by atoms with E-state index in [9.17, 15) is 14.4 Å². The van der Waals surface area contributed by atoms with Gasteiger partial charge in [-0.05, 0) is 58.5 Å². The number of fused-ring (bicyclic) bond motifs is 3. The van der Waals surface area contributed by atoms with E-state index in [4.69, 9.17) is 0 Å². The number of carbonyl (C=O) groups excluding carboxylic acids is 3. The minimum absolute atomic E-state index is 0.138. The number of likely N-dealkylation sites (tertiary alicyclic amines) is 1. The maximum absolute atomic E-state index is 12.7. The first-order valence-electron chi connectivity index (χ1n) is 10.0. The molecule has 5 heteroatoms. The van der Waals surface area contributed by atoms with E-state index in [1.807, 2.05) is 24.3 Å². The zero-order valence-corrected chi connectivity index (χ0v) is 16.4. The fourth-order valence-corrected chi connectivity index (χ4v) is 4.17. The summed E-state index contributed by atoms with van der Waals surface area (Å²) in [7, 11) is 0. The molecule has 3 aromatic carbocycles. The highest BCUT2D eigenvalue weighted by Crippen LogP contribution is 2.37. The summed E-state index contributed by atoms with van der Waals surface area (Å²) in [5.41, 5.74) is 7.12. The molecule has 1 fully saturated rings. The molecule has 5 rings (SSSR count). The smallest absolute Gasteiger partial charge is 0.255 e. The Morgan fingerprint density at radius 3 is 2.30 bits per heavy atom. The van der Waals surface area contributed by atoms with Gasteiger partial charge in [0.2, 0.25) is 11.8 Å². The van der Waals surface area contributed by atoms with E-state index < -0.39 is 0 Å². The summed E-state index contributed by atoms with van der Waals surface area (Å²) in [6.07, 6.45) is 1.44. The lowest BCUT2D eigenvalue weighted by molar-refractivity contribution is -0.139. The molecule has 1 saturated heterocycles. The van der Waals surface area contributed by atoms with Gasteiger partial charge in [0.15, 0.2) is 0 Å². The van der Waals surface area contributed by atoms with Gasteiger partial charge in [-0.2, -0.15) is 0 Å². The van der Waals surface area contributed by atoms with Gasteiger partial charge in [-0.25, -0.2) is 0 Å². The van der Waals surface area contributed by atoms with E-state index in [0.29, 0.717) is 5.56 Å². The lowest BCUT2D eigenvalue weighted by Gasteiger charge is -2.14. The van der Waals surface area contributed by atoms with Crippen LogP contribution in [0.15, 0.2) is 66.7 Å². The second-order valence-electron chi connectivity index (χ2n) is 7.73. The molecule has 0 bridgehead atoms. The molecule has 0 aromatic heterocycles. The van der Waals surface area contributed by atoms with Gasteiger partial charge in [0, 0.05) is 24.1 Å². The Bertz CT molecular complexity index is 1170. The Labute approximate surface area is 174 Å². The summed E-state index contributed by atoms with van der Waals surface area (Å²) in [6, 6.07) is 21.4. The first-order chi connectivity index (χ1) is 14.6. The Morgan fingerprint density at radius 1 is 0.833 bits per heavy atom. The topological polar surface area (TPSA) is 66.5 Å². The van der Waals surface area contributed by atoms with Gasteiger partial charge in [0.25, 0.3) is 5.91 Å². The Kier molecular flexibility index (Phi) is 4.43. The number of carbonyl (C=O) groups is 3. The maximum atomic E-state index is 12.7. The molecule has 5 nitrogen and oxygen atoms in total. The summed E-state index contributed by atoms with van der Waals surface area (Å²) in [5.74, 6) is -0.466. The van der Waals surface area contributed by atoms with Crippen molar-refractivity contribution in [1.29, 1.82) is 0 Å². The quantitative estimate of drug-likeness (QED) is 0.527. The van der Waals surface area contributed by atoms with E-state index in [1.165, 1.54) is 27.2 Å². The zero-order valence-electron chi connectivity index (χ0n) is 16.4. The molecule has 1 heterocycles. The van der Waals surface area contributed by atoms with Crippen molar-refractivity contribution in [3.63, 3.8) is 0 Å². The fourth-order valence-electron chi connectivity index (χ4n) is 4.17. The number of amides is 3. The minimum atomic E-state index is -0.190. The molecule has 1 aliphatic heterocycles. The van der Waals surface area contributed by atoms with E-state index in [1.54, 1.807) is 24.3 Å². The second kappa shape index (κ2) is 7.26. The highest BCUT2D eigenvalue weighted by Gasteiger charge is 2.28. The lowest BCUT2D eigenvalue weighted by atomic mass is 10.1. The standard InChI is InChI=1S/C25H20N2O3/c28-23-11-12-24(29)27(23)15-16-5-7-17(8-6-16)25(30)26-20-9-10-22-19(14-20)13-18-3-1-2-4-21(18)22/h1-10,14H,11-13,15H2,(H,26,30). The zero-order chi connectivity index (χ0) is 20.7. The molecule has 148 valence electrons. The molecule has 0 saturated carbocycles. The second-order valence-corrected chi connectivity index (χ2v) is 7.73. The molecule has 1 aliphatic carbocycles. The van der Waals surface area contributed by atoms with Crippen molar-refractivity contribution in [1.82, 2.24) is 4.90 Å². The van der Waals surface area contributed by atoms with Crippen molar-refractivity contribution in [2.45, 2.75) is 25.8 Å². The number of hydrogen-bond acceptors (Lipinski definition) is 3. The van der Waals surface area contributed by atoms with E-state index in [0.717, 1.165) is 17.7 Å². The monoisotopic (exact) mass is 396 g/mol. The molecule has 2 aliphatic rings. The van der Waals surface area contributed by atoms with Crippen LogP contribution in [0.2, 0.25) is 0 Å². The van der Waals surface area contributed by atoms with Crippen molar-refractivity contribution < 1.29 is 14.4 Å². The van der Waals surface area contributed by atoms with Gasteiger partial charge in [-0.15, -0.1) is 0 Å². The highest BCUT2D eigenvalue weighted by molar-refractivity contribution is 6.04. The van der Waals surface area contributed by atoms with Gasteiger partial charge >= 0.3 is 0 Å². The van der Waals surface area contributed by atoms with Crippen LogP contribution < -0.4 is 5.32 Å². The Morgan fingerprint density at radius 2 is 1.53 bits per heavy atom. The average molecular weight is 396 g/mol. The summed E-state index contributed by atoms with van der Waals surface area (Å²) in [6.45, 7) is 0.255. The van der Waals surface area contributed by atoms with Crippen molar-refractivity contribution in [3.8, 4) is 11.1 Å². The molecular formula is C25H20N2O3. The molecule has 3 amide bonds. The van der Waals surface area contributed by atoms with Gasteiger partial charge in [0.05, 0.1) is 6.54 Å². The first kappa shape index (κ1) is 18.3. The third-order valence-corrected chi connectivity index (χ3v) is 5.76. The molecular weight excluding hydrogens is 376 g/mol. The lowest BCUT2D eigenvalue weighted by Crippen LogP contribution is -2.28. The van der Waals surface area contributed by atoms with Crippen LogP contribution in [0.4, 0.5) is 5.69 Å². The van der Waals surface area contributed by atoms with Crippen LogP contribution in [0.1, 0.15) is 39.9 Å². The SMILES string of the molecule is O=C(Nc1ccc2c(c1)Cc1ccccc1-2)c1ccc(CN2C(=O)CCC2=O)cc1. The molecule has 1 N–H and O–H groups in total. The highest BCUT2D eigenvalue weighted by atomic mass is 16.2. The number of nitrogens with zero attached hydrogens (tertiary/aromatic N) is 1. The average Bonchev–Trinajstić information content (AvgIpc) is 3.28. The summed E-state index contributed by atoms with van der Waals surface area (Å²) >= 11 is 0. The van der Waals surface area contributed by atoms with Gasteiger partial charge < -0.3 is 5.32 Å². The summed E-state index contributed by atoms with van der Waals surface area (Å²) in [4.78, 5) is 37.5. The first-order valence-corrected chi connectivity index (χ1v) is 10.0. The summed E-state index contributed by atoms with van der Waals surface area (Å²) in [5, 5.41) is 2.96. The number of nitrogens with one attached hydrogen (secondary N) is 1. The van der Waals surface area contributed by atoms with Crippen molar-refractivity contribution >= 4 is 23.4 Å². The number of benzene rings is 3. The normalized spacial score (nSPS) is 14.6.